The lowest BCUT2D eigenvalue weighted by atomic mass is 10.1. The molecular weight excluding hydrogens is 360 g/mol. The number of nitrogens with zero attached hydrogens (tertiary/aromatic N) is 1. The van der Waals surface area contributed by atoms with Gasteiger partial charge >= 0.3 is 0 Å². The molecule has 0 saturated heterocycles. The molecule has 2 aromatic rings. The Balaban J connectivity index is 1.95. The molecule has 0 radical (unpaired) electrons. The van der Waals surface area contributed by atoms with Crippen LogP contribution in [0.5, 0.6) is 5.75 Å². The van der Waals surface area contributed by atoms with Gasteiger partial charge in [0.25, 0.3) is 5.91 Å². The molecule has 0 aliphatic carbocycles. The molecule has 0 aromatic heterocycles. The number of carbonyl (C=O) groups excluding carboxylic acids is 1. The highest BCUT2D eigenvalue weighted by atomic mass is 79.9. The van der Waals surface area contributed by atoms with E-state index in [1.807, 2.05) is 32.0 Å². The number of hydrogen-bond donors (Lipinski definition) is 2. The van der Waals surface area contributed by atoms with Gasteiger partial charge in [0.2, 0.25) is 0 Å². The van der Waals surface area contributed by atoms with Crippen LogP contribution in [0.2, 0.25) is 0 Å². The second kappa shape index (κ2) is 7.78. The van der Waals surface area contributed by atoms with Gasteiger partial charge in [0.05, 0.1) is 10.7 Å². The number of rotatable bonds is 5. The number of ether oxygens (including phenoxy) is 1. The second-order valence-corrected chi connectivity index (χ2v) is 5.92. The van der Waals surface area contributed by atoms with Gasteiger partial charge in [-0.05, 0) is 76.8 Å². The molecule has 120 valence electrons. The Kier molecular flexibility index (Phi) is 5.76. The van der Waals surface area contributed by atoms with Gasteiger partial charge < -0.3 is 15.3 Å². The van der Waals surface area contributed by atoms with Gasteiger partial charge in [0.1, 0.15) is 5.75 Å². The molecule has 0 heterocycles. The Hall–Kier alpha value is -2.34. The molecule has 2 aromatic carbocycles. The molecule has 0 unspecified atom stereocenters. The maximum atomic E-state index is 12.0. The molecule has 6 heteroatoms. The van der Waals surface area contributed by atoms with Crippen molar-refractivity contribution in [3.8, 4) is 5.75 Å². The van der Waals surface area contributed by atoms with E-state index in [0.29, 0.717) is 15.8 Å². The number of nitrogens with one attached hydrogen (secondary N) is 1. The van der Waals surface area contributed by atoms with E-state index in [4.69, 9.17) is 9.94 Å². The van der Waals surface area contributed by atoms with Gasteiger partial charge in [-0.15, -0.1) is 0 Å². The fraction of sp³-hybridized carbons (Fsp3) is 0.176. The van der Waals surface area contributed by atoms with Gasteiger partial charge in [0, 0.05) is 5.69 Å². The molecule has 1 amide bonds. The van der Waals surface area contributed by atoms with E-state index in [9.17, 15) is 4.79 Å². The monoisotopic (exact) mass is 376 g/mol. The van der Waals surface area contributed by atoms with E-state index in [2.05, 4.69) is 26.4 Å². The molecule has 0 saturated carbocycles. The van der Waals surface area contributed by atoms with Gasteiger partial charge in [-0.3, -0.25) is 4.79 Å². The Bertz CT molecular complexity index is 745. The van der Waals surface area contributed by atoms with Crippen molar-refractivity contribution in [3.63, 3.8) is 0 Å². The summed E-state index contributed by atoms with van der Waals surface area (Å²) in [6, 6.07) is 10.9. The van der Waals surface area contributed by atoms with Crippen molar-refractivity contribution < 1.29 is 14.7 Å². The Morgan fingerprint density at radius 1 is 1.26 bits per heavy atom. The fourth-order valence-corrected chi connectivity index (χ4v) is 2.45. The summed E-state index contributed by atoms with van der Waals surface area (Å²) >= 11 is 3.35. The van der Waals surface area contributed by atoms with Gasteiger partial charge in [-0.25, -0.2) is 0 Å². The van der Waals surface area contributed by atoms with Crippen LogP contribution in [0.3, 0.4) is 0 Å². The highest BCUT2D eigenvalue weighted by Gasteiger charge is 2.07. The molecule has 5 nitrogen and oxygen atoms in total. The lowest BCUT2D eigenvalue weighted by molar-refractivity contribution is -0.118. The van der Waals surface area contributed by atoms with Crippen molar-refractivity contribution in [1.29, 1.82) is 0 Å². The third kappa shape index (κ3) is 4.82. The van der Waals surface area contributed by atoms with E-state index >= 15 is 0 Å². The van der Waals surface area contributed by atoms with Crippen molar-refractivity contribution in [2.75, 3.05) is 11.9 Å². The maximum absolute atomic E-state index is 12.0. The SMILES string of the molecule is Cc1ccc(NC(=O)COc2ccc(/C=N/O)cc2Br)cc1C. The zero-order valence-corrected chi connectivity index (χ0v) is 14.4. The van der Waals surface area contributed by atoms with E-state index in [1.165, 1.54) is 11.8 Å². The summed E-state index contributed by atoms with van der Waals surface area (Å²) < 4.78 is 6.17. The quantitative estimate of drug-likeness (QED) is 0.472. The summed E-state index contributed by atoms with van der Waals surface area (Å²) in [6.45, 7) is 3.92. The van der Waals surface area contributed by atoms with Gasteiger partial charge in [-0.1, -0.05) is 11.2 Å². The predicted molar refractivity (Wildman–Crippen MR) is 93.6 cm³/mol. The van der Waals surface area contributed by atoms with Crippen LogP contribution in [0, 0.1) is 13.8 Å². The number of oxime groups is 1. The molecular formula is C17H17BrN2O3. The third-order valence-electron chi connectivity index (χ3n) is 3.31. The normalized spacial score (nSPS) is 10.7. The first-order valence-corrected chi connectivity index (χ1v) is 7.76. The van der Waals surface area contributed by atoms with Crippen LogP contribution in [-0.4, -0.2) is 23.9 Å². The minimum absolute atomic E-state index is 0.0983. The van der Waals surface area contributed by atoms with E-state index < -0.39 is 0 Å². The Morgan fingerprint density at radius 3 is 2.70 bits per heavy atom. The number of hydrogen-bond acceptors (Lipinski definition) is 4. The molecule has 2 N–H and O–H groups in total. The van der Waals surface area contributed by atoms with Crippen LogP contribution < -0.4 is 10.1 Å². The smallest absolute Gasteiger partial charge is 0.262 e. The number of halogens is 1. The average Bonchev–Trinajstić information content (AvgIpc) is 2.50. The number of carbonyl (C=O) groups is 1. The summed E-state index contributed by atoms with van der Waals surface area (Å²) in [6.07, 6.45) is 1.31. The molecule has 23 heavy (non-hydrogen) atoms. The standard InChI is InChI=1S/C17H17BrN2O3/c1-11-3-5-14(7-12(11)2)20-17(21)10-23-16-6-4-13(9-19-22)8-15(16)18/h3-9,22H,10H2,1-2H3,(H,20,21)/b19-9+. The van der Waals surface area contributed by atoms with Crippen LogP contribution in [0.15, 0.2) is 46.0 Å². The highest BCUT2D eigenvalue weighted by molar-refractivity contribution is 9.10. The first-order chi connectivity index (χ1) is 11.0. The van der Waals surface area contributed by atoms with Crippen LogP contribution in [0.4, 0.5) is 5.69 Å². The molecule has 0 atom stereocenters. The molecule has 0 bridgehead atoms. The first-order valence-electron chi connectivity index (χ1n) is 6.96. The maximum Gasteiger partial charge on any atom is 0.262 e. The minimum Gasteiger partial charge on any atom is -0.483 e. The van der Waals surface area contributed by atoms with Crippen LogP contribution in [0.25, 0.3) is 0 Å². The number of anilines is 1. The largest absolute Gasteiger partial charge is 0.483 e. The molecule has 0 fully saturated rings. The molecule has 2 rings (SSSR count). The molecule has 0 aliphatic rings. The van der Waals surface area contributed by atoms with E-state index in [1.54, 1.807) is 18.2 Å². The predicted octanol–water partition coefficient (Wildman–Crippen LogP) is 3.89. The Morgan fingerprint density at radius 2 is 2.04 bits per heavy atom. The van der Waals surface area contributed by atoms with Gasteiger partial charge in [-0.2, -0.15) is 0 Å². The first kappa shape index (κ1) is 17.0. The second-order valence-electron chi connectivity index (χ2n) is 5.07. The summed E-state index contributed by atoms with van der Waals surface area (Å²) in [5, 5.41) is 14.3. The zero-order valence-electron chi connectivity index (χ0n) is 12.8. The fourth-order valence-electron chi connectivity index (χ4n) is 1.94. The number of benzene rings is 2. The number of aryl methyl sites for hydroxylation is 2. The van der Waals surface area contributed by atoms with Crippen LogP contribution >= 0.6 is 15.9 Å². The van der Waals surface area contributed by atoms with E-state index in [-0.39, 0.29) is 12.5 Å². The van der Waals surface area contributed by atoms with Gasteiger partial charge in [0.15, 0.2) is 6.61 Å². The van der Waals surface area contributed by atoms with Crippen molar-refractivity contribution in [3.05, 3.63) is 57.6 Å². The van der Waals surface area contributed by atoms with Crippen LogP contribution in [-0.2, 0) is 4.79 Å². The summed E-state index contributed by atoms with van der Waals surface area (Å²) in [5.74, 6) is 0.302. The molecule has 0 aliphatic heterocycles. The van der Waals surface area contributed by atoms with E-state index in [0.717, 1.165) is 11.3 Å². The van der Waals surface area contributed by atoms with Crippen molar-refractivity contribution >= 4 is 33.7 Å². The summed E-state index contributed by atoms with van der Waals surface area (Å²) in [7, 11) is 0. The summed E-state index contributed by atoms with van der Waals surface area (Å²) in [4.78, 5) is 12.0. The topological polar surface area (TPSA) is 70.9 Å². The van der Waals surface area contributed by atoms with Crippen LogP contribution in [0.1, 0.15) is 16.7 Å². The lowest BCUT2D eigenvalue weighted by Gasteiger charge is -2.10. The van der Waals surface area contributed by atoms with Crippen molar-refractivity contribution in [2.45, 2.75) is 13.8 Å². The summed E-state index contributed by atoms with van der Waals surface area (Å²) in [5.41, 5.74) is 3.75. The van der Waals surface area contributed by atoms with Crippen molar-refractivity contribution in [1.82, 2.24) is 0 Å². The highest BCUT2D eigenvalue weighted by Crippen LogP contribution is 2.25. The third-order valence-corrected chi connectivity index (χ3v) is 3.93. The Labute approximate surface area is 143 Å². The lowest BCUT2D eigenvalue weighted by Crippen LogP contribution is -2.20. The van der Waals surface area contributed by atoms with Crippen molar-refractivity contribution in [2.24, 2.45) is 5.16 Å². The zero-order chi connectivity index (χ0) is 16.8. The minimum atomic E-state index is -0.235. The average molecular weight is 377 g/mol. The molecule has 0 spiro atoms. The number of amides is 1.